The van der Waals surface area contributed by atoms with E-state index in [1.54, 1.807) is 0 Å². The number of hydrogen-bond acceptors (Lipinski definition) is 6. The summed E-state index contributed by atoms with van der Waals surface area (Å²) in [6.45, 7) is 20.2. The molecule has 0 amide bonds. The monoisotopic (exact) mass is 448 g/mol. The molecule has 180 valence electrons. The molecule has 0 aliphatic carbocycles. The summed E-state index contributed by atoms with van der Waals surface area (Å²) >= 11 is 0. The van der Waals surface area contributed by atoms with E-state index in [1.165, 1.54) is 0 Å². The van der Waals surface area contributed by atoms with Crippen molar-refractivity contribution in [3.63, 3.8) is 0 Å². The van der Waals surface area contributed by atoms with Gasteiger partial charge >= 0.3 is 23.9 Å². The van der Waals surface area contributed by atoms with Gasteiger partial charge in [0.05, 0.1) is 24.7 Å². The Balaban J connectivity index is 2.35. The van der Waals surface area contributed by atoms with Crippen LogP contribution >= 0.6 is 0 Å². The van der Waals surface area contributed by atoms with Crippen molar-refractivity contribution in [1.29, 1.82) is 0 Å². The first-order valence-corrected chi connectivity index (χ1v) is 11.5. The minimum absolute atomic E-state index is 0.0467. The zero-order chi connectivity index (χ0) is 24.7. The predicted octanol–water partition coefficient (Wildman–Crippen LogP) is 5.39. The average molecular weight is 449 g/mol. The zero-order valence-electron chi connectivity index (χ0n) is 21.2. The molecule has 6 heteroatoms. The van der Waals surface area contributed by atoms with E-state index < -0.39 is 35.7 Å². The van der Waals surface area contributed by atoms with Crippen molar-refractivity contribution in [1.82, 2.24) is 0 Å². The number of cyclic esters (lactones) is 4. The normalized spacial score (nSPS) is 22.8. The molecule has 2 aliphatic rings. The summed E-state index contributed by atoms with van der Waals surface area (Å²) in [6, 6.07) is 0. The molecule has 2 rings (SSSR count). The van der Waals surface area contributed by atoms with Crippen molar-refractivity contribution >= 4 is 23.9 Å². The molecule has 0 aromatic carbocycles. The molecule has 0 aromatic rings. The van der Waals surface area contributed by atoms with Crippen LogP contribution in [0.3, 0.4) is 0 Å². The van der Waals surface area contributed by atoms with Gasteiger partial charge in [0.15, 0.2) is 0 Å². The Bertz CT molecular complexity index is 782. The highest BCUT2D eigenvalue weighted by atomic mass is 16.6. The van der Waals surface area contributed by atoms with Crippen LogP contribution in [0.4, 0.5) is 0 Å². The summed E-state index contributed by atoms with van der Waals surface area (Å²) in [4.78, 5) is 47.4. The molecule has 6 nitrogen and oxygen atoms in total. The molecule has 32 heavy (non-hydrogen) atoms. The molecule has 2 saturated heterocycles. The third-order valence-electron chi connectivity index (χ3n) is 8.16. The van der Waals surface area contributed by atoms with Gasteiger partial charge in [-0.3, -0.25) is 19.2 Å². The van der Waals surface area contributed by atoms with Gasteiger partial charge in [-0.2, -0.15) is 0 Å². The number of allylic oxidation sites excluding steroid dienone is 2. The lowest BCUT2D eigenvalue weighted by Crippen LogP contribution is -2.40. The van der Waals surface area contributed by atoms with Gasteiger partial charge in [0.1, 0.15) is 0 Å². The van der Waals surface area contributed by atoms with Crippen LogP contribution in [-0.4, -0.2) is 23.9 Å². The van der Waals surface area contributed by atoms with Crippen LogP contribution in [-0.2, 0) is 28.7 Å². The van der Waals surface area contributed by atoms with E-state index >= 15 is 0 Å². The lowest BCUT2D eigenvalue weighted by atomic mass is 9.55. The maximum absolute atomic E-state index is 12.1. The molecule has 2 fully saturated rings. The van der Waals surface area contributed by atoms with Crippen molar-refractivity contribution < 1.29 is 28.7 Å². The standard InChI is InChI=1S/C26H40O6/c1-23(2,3)25(6,7)15-26(8,9)24(4,5)14-16(10-17-12-19(27)31-21(17)29)11-18-13-20(28)32-22(18)30/h14,17-18H,10-13,15H2,1-9H3. The van der Waals surface area contributed by atoms with E-state index in [-0.39, 0.29) is 34.5 Å². The molecule has 2 unspecified atom stereocenters. The molecule has 2 heterocycles. The van der Waals surface area contributed by atoms with Gasteiger partial charge < -0.3 is 9.47 Å². The number of ether oxygens (including phenoxy) is 2. The van der Waals surface area contributed by atoms with E-state index in [4.69, 9.17) is 9.47 Å². The van der Waals surface area contributed by atoms with E-state index in [0.717, 1.165) is 12.0 Å². The predicted molar refractivity (Wildman–Crippen MR) is 121 cm³/mol. The van der Waals surface area contributed by atoms with Crippen LogP contribution in [0.15, 0.2) is 11.6 Å². The summed E-state index contributed by atoms with van der Waals surface area (Å²) in [5.41, 5.74) is 0.710. The number of rotatable bonds is 8. The summed E-state index contributed by atoms with van der Waals surface area (Å²) < 4.78 is 9.47. The fourth-order valence-electron chi connectivity index (χ4n) is 4.49. The van der Waals surface area contributed by atoms with Crippen LogP contribution in [0.1, 0.15) is 94.4 Å². The molecule has 2 atom stereocenters. The minimum Gasteiger partial charge on any atom is -0.393 e. The van der Waals surface area contributed by atoms with Gasteiger partial charge in [0, 0.05) is 0 Å². The van der Waals surface area contributed by atoms with Gasteiger partial charge in [-0.25, -0.2) is 0 Å². The van der Waals surface area contributed by atoms with Crippen molar-refractivity contribution in [3.8, 4) is 0 Å². The van der Waals surface area contributed by atoms with Gasteiger partial charge in [-0.1, -0.05) is 74.0 Å². The van der Waals surface area contributed by atoms with E-state index in [2.05, 4.69) is 68.4 Å². The van der Waals surface area contributed by atoms with Crippen LogP contribution in [0.2, 0.25) is 0 Å². The van der Waals surface area contributed by atoms with Gasteiger partial charge in [-0.05, 0) is 40.9 Å². The fraction of sp³-hybridized carbons (Fsp3) is 0.769. The molecule has 0 bridgehead atoms. The van der Waals surface area contributed by atoms with Crippen molar-refractivity contribution in [2.24, 2.45) is 33.5 Å². The molecule has 0 aromatic heterocycles. The topological polar surface area (TPSA) is 86.7 Å². The first-order valence-electron chi connectivity index (χ1n) is 11.5. The minimum atomic E-state index is -0.549. The molecule has 0 spiro atoms. The van der Waals surface area contributed by atoms with Crippen molar-refractivity contribution in [3.05, 3.63) is 11.6 Å². The van der Waals surface area contributed by atoms with Crippen molar-refractivity contribution in [2.45, 2.75) is 94.4 Å². The number of carbonyl (C=O) groups is 4. The molecular formula is C26H40O6. The van der Waals surface area contributed by atoms with Crippen LogP contribution in [0, 0.1) is 33.5 Å². The largest absolute Gasteiger partial charge is 0.393 e. The number of carbonyl (C=O) groups excluding carboxylic acids is 4. The van der Waals surface area contributed by atoms with Gasteiger partial charge in [0.25, 0.3) is 0 Å². The quantitative estimate of drug-likeness (QED) is 0.281. The van der Waals surface area contributed by atoms with E-state index in [9.17, 15) is 19.2 Å². The molecule has 2 aliphatic heterocycles. The Labute approximate surface area is 192 Å². The first-order chi connectivity index (χ1) is 14.3. The van der Waals surface area contributed by atoms with E-state index in [1.807, 2.05) is 0 Å². The van der Waals surface area contributed by atoms with Crippen molar-refractivity contribution in [2.75, 3.05) is 0 Å². The summed E-state index contributed by atoms with van der Waals surface area (Å²) in [5, 5.41) is 0. The Morgan fingerprint density at radius 3 is 1.47 bits per heavy atom. The third-order valence-corrected chi connectivity index (χ3v) is 8.16. The van der Waals surface area contributed by atoms with E-state index in [0.29, 0.717) is 12.8 Å². The lowest BCUT2D eigenvalue weighted by Gasteiger charge is -2.49. The maximum atomic E-state index is 12.1. The Kier molecular flexibility index (Phi) is 7.19. The van der Waals surface area contributed by atoms with Crippen LogP contribution < -0.4 is 0 Å². The second-order valence-electron chi connectivity index (χ2n) is 12.5. The molecule has 0 saturated carbocycles. The Morgan fingerprint density at radius 1 is 0.750 bits per heavy atom. The summed E-state index contributed by atoms with van der Waals surface area (Å²) in [7, 11) is 0. The smallest absolute Gasteiger partial charge is 0.317 e. The third kappa shape index (κ3) is 5.87. The SMILES string of the molecule is CC(C)(C)C(C)(C)CC(C)(C)C(C)(C)C=C(CC1CC(=O)OC1=O)CC1CC(=O)OC1=O. The second kappa shape index (κ2) is 8.75. The maximum Gasteiger partial charge on any atom is 0.317 e. The number of hydrogen-bond donors (Lipinski definition) is 0. The van der Waals surface area contributed by atoms with Crippen LogP contribution in [0.5, 0.6) is 0 Å². The highest BCUT2D eigenvalue weighted by Crippen LogP contribution is 2.53. The highest BCUT2D eigenvalue weighted by molar-refractivity contribution is 5.95. The Morgan fingerprint density at radius 2 is 1.16 bits per heavy atom. The number of esters is 4. The average Bonchev–Trinajstić information content (AvgIpc) is 3.05. The second-order valence-corrected chi connectivity index (χ2v) is 12.5. The molecule has 0 N–H and O–H groups in total. The Hall–Kier alpha value is -1.98. The zero-order valence-corrected chi connectivity index (χ0v) is 21.2. The fourth-order valence-corrected chi connectivity index (χ4v) is 4.49. The van der Waals surface area contributed by atoms with Gasteiger partial charge in [-0.15, -0.1) is 0 Å². The molecular weight excluding hydrogens is 408 g/mol. The highest BCUT2D eigenvalue weighted by Gasteiger charge is 2.45. The summed E-state index contributed by atoms with van der Waals surface area (Å²) in [5.74, 6) is -3.16. The summed E-state index contributed by atoms with van der Waals surface area (Å²) in [6.07, 6.45) is 3.89. The lowest BCUT2D eigenvalue weighted by molar-refractivity contribution is -0.154. The van der Waals surface area contributed by atoms with Crippen LogP contribution in [0.25, 0.3) is 0 Å². The first kappa shape index (κ1) is 26.3. The van der Waals surface area contributed by atoms with Gasteiger partial charge in [0.2, 0.25) is 0 Å². The molecule has 0 radical (unpaired) electrons.